The van der Waals surface area contributed by atoms with Crippen LogP contribution in [0.2, 0.25) is 0 Å². The lowest BCUT2D eigenvalue weighted by atomic mass is 9.69. The summed E-state index contributed by atoms with van der Waals surface area (Å²) in [6, 6.07) is -3.84. The monoisotopic (exact) mass is 1150 g/mol. The van der Waals surface area contributed by atoms with Gasteiger partial charge in [0, 0.05) is 51.1 Å². The second-order valence-corrected chi connectivity index (χ2v) is 26.5. The third kappa shape index (κ3) is 21.2. The van der Waals surface area contributed by atoms with Crippen molar-refractivity contribution in [1.29, 1.82) is 0 Å². The summed E-state index contributed by atoms with van der Waals surface area (Å²) < 4.78 is 0. The summed E-state index contributed by atoms with van der Waals surface area (Å²) in [5, 5.41) is 19.4. The molecule has 2 aliphatic carbocycles. The van der Waals surface area contributed by atoms with E-state index in [4.69, 9.17) is 0 Å². The van der Waals surface area contributed by atoms with Crippen LogP contribution >= 0.6 is 0 Å². The third-order valence-corrected chi connectivity index (χ3v) is 16.1. The van der Waals surface area contributed by atoms with Crippen molar-refractivity contribution in [2.75, 3.05) is 53.4 Å². The molecule has 1 aliphatic heterocycles. The van der Waals surface area contributed by atoms with Gasteiger partial charge in [-0.15, -0.1) is 0 Å². The van der Waals surface area contributed by atoms with Crippen LogP contribution in [0.1, 0.15) is 200 Å². The Labute approximate surface area is 490 Å². The predicted molar refractivity (Wildman–Crippen MR) is 318 cm³/mol. The first kappa shape index (κ1) is 70.7. The van der Waals surface area contributed by atoms with E-state index in [2.05, 4.69) is 57.1 Å². The highest BCUT2D eigenvalue weighted by molar-refractivity contribution is 5.99. The number of allylic oxidation sites excluding steroid dienone is 2. The second kappa shape index (κ2) is 31.9. The number of nitrogens with zero attached hydrogens (tertiary/aromatic N) is 4. The molecule has 2 fully saturated rings. The maximum atomic E-state index is 14.3. The number of fused-ring (bicyclic) bond motifs is 2. The molecule has 82 heavy (non-hydrogen) atoms. The van der Waals surface area contributed by atoms with Crippen molar-refractivity contribution in [3.05, 3.63) is 11.6 Å². The zero-order valence-electron chi connectivity index (χ0n) is 53.0. The van der Waals surface area contributed by atoms with Crippen molar-refractivity contribution >= 4 is 59.1 Å². The van der Waals surface area contributed by atoms with Crippen molar-refractivity contribution in [2.24, 2.45) is 17.3 Å². The molecule has 2 bridgehead atoms. The molecule has 0 aromatic rings. The van der Waals surface area contributed by atoms with Gasteiger partial charge in [-0.1, -0.05) is 77.9 Å². The first-order chi connectivity index (χ1) is 38.2. The quantitative estimate of drug-likeness (QED) is 0.0346. The fourth-order valence-corrected chi connectivity index (χ4v) is 12.0. The summed E-state index contributed by atoms with van der Waals surface area (Å²) in [6.07, 6.45) is 14.1. The van der Waals surface area contributed by atoms with E-state index in [0.29, 0.717) is 57.7 Å². The molecule has 10 amide bonds. The number of amides is 10. The summed E-state index contributed by atoms with van der Waals surface area (Å²) >= 11 is 0. The van der Waals surface area contributed by atoms with Gasteiger partial charge >= 0.3 is 0 Å². The Morgan fingerprint density at radius 1 is 0.732 bits per heavy atom. The molecule has 1 saturated heterocycles. The van der Waals surface area contributed by atoms with Crippen LogP contribution in [0.4, 0.5) is 0 Å². The second-order valence-electron chi connectivity index (χ2n) is 26.5. The molecule has 3 rings (SSSR count). The van der Waals surface area contributed by atoms with Crippen molar-refractivity contribution in [3.63, 3.8) is 0 Å². The lowest BCUT2D eigenvalue weighted by molar-refractivity contribution is -0.150. The molecule has 1 saturated carbocycles. The zero-order valence-corrected chi connectivity index (χ0v) is 53.0. The van der Waals surface area contributed by atoms with Gasteiger partial charge in [0.15, 0.2) is 0 Å². The van der Waals surface area contributed by atoms with Crippen LogP contribution in [-0.4, -0.2) is 179 Å². The average Bonchev–Trinajstić information content (AvgIpc) is 4.20. The highest BCUT2D eigenvalue weighted by Crippen LogP contribution is 2.52. The summed E-state index contributed by atoms with van der Waals surface area (Å²) in [6.45, 7) is 24.8. The maximum Gasteiger partial charge on any atom is 0.246 e. The molecule has 466 valence electrons. The third-order valence-electron chi connectivity index (χ3n) is 16.1. The molecule has 3 aliphatic rings. The van der Waals surface area contributed by atoms with Crippen LogP contribution in [0.3, 0.4) is 0 Å². The molecule has 7 N–H and O–H groups in total. The summed E-state index contributed by atoms with van der Waals surface area (Å²) in [5.41, 5.74) is -3.22. The molecule has 5 atom stereocenters. The van der Waals surface area contributed by atoms with Gasteiger partial charge < -0.3 is 56.8 Å². The van der Waals surface area contributed by atoms with Crippen LogP contribution in [0.5, 0.6) is 0 Å². The van der Waals surface area contributed by atoms with Gasteiger partial charge in [0.2, 0.25) is 59.1 Å². The van der Waals surface area contributed by atoms with E-state index in [9.17, 15) is 47.9 Å². The smallest absolute Gasteiger partial charge is 0.246 e. The minimum atomic E-state index is -1.57. The number of nitrogens with one attached hydrogen (secondary N) is 7. The van der Waals surface area contributed by atoms with Gasteiger partial charge in [0.25, 0.3) is 0 Å². The average molecular weight is 1150 g/mol. The molecule has 21 nitrogen and oxygen atoms in total. The number of unbranched alkanes of at least 4 members (excludes halogenated alkanes) is 5. The standard InChI is InChI=1S/C61H107N11O10/c1-17-18-19-20-21-22-24-45(66-53(78)46-25-23-31-70(46)49(74)37-61-28-26-44(36-61)34-43(8)35-61)52(77)64-39-51(76)72(42(6)7)60(13,14)57(82)65-38-50(75)71(41(4)5)47(33-40(2)3)54(79)67-59(11,12)56(81)68-58(9,10)55(80)63-29-27-48(73)62-30-32-69(15)16/h26,40-43,45-47H,17-25,27-39H2,1-16H3,(H,62,73)(H,63,80)(H,64,77)(H,65,82)(H,66,78)(H,67,79)(H,68,81)/t43?,45?,46-,47-,61?/m0/s1. The van der Waals surface area contributed by atoms with E-state index in [1.165, 1.54) is 43.1 Å². The molecular weight excluding hydrogens is 1050 g/mol. The Kier molecular flexibility index (Phi) is 27.5. The zero-order chi connectivity index (χ0) is 61.9. The van der Waals surface area contributed by atoms with E-state index in [0.717, 1.165) is 57.8 Å². The summed E-state index contributed by atoms with van der Waals surface area (Å²) in [5.74, 6) is -4.42. The molecule has 0 aromatic heterocycles. The van der Waals surface area contributed by atoms with Gasteiger partial charge in [-0.05, 0) is 152 Å². The van der Waals surface area contributed by atoms with Crippen molar-refractivity contribution in [1.82, 2.24) is 56.8 Å². The fraction of sp³-hybridized carbons (Fsp3) is 0.803. The lowest BCUT2D eigenvalue weighted by Gasteiger charge is -2.41. The van der Waals surface area contributed by atoms with Gasteiger partial charge in [-0.25, -0.2) is 0 Å². The number of carbonyl (C=O) groups is 10. The van der Waals surface area contributed by atoms with Crippen LogP contribution in [0.15, 0.2) is 11.6 Å². The fourth-order valence-electron chi connectivity index (χ4n) is 12.0. The number of hydrogen-bond donors (Lipinski definition) is 7. The van der Waals surface area contributed by atoms with Gasteiger partial charge in [-0.2, -0.15) is 0 Å². The maximum absolute atomic E-state index is 14.3. The number of carbonyl (C=O) groups excluding carboxylic acids is 10. The van der Waals surface area contributed by atoms with E-state index < -0.39 is 101 Å². The number of likely N-dealkylation sites (N-methyl/N-ethyl adjacent to an activating group) is 1. The van der Waals surface area contributed by atoms with E-state index in [1.54, 1.807) is 46.4 Å². The van der Waals surface area contributed by atoms with Crippen molar-refractivity contribution < 1.29 is 47.9 Å². The molecule has 21 heteroatoms. The molecule has 0 aromatic carbocycles. The minimum Gasteiger partial charge on any atom is -0.355 e. The van der Waals surface area contributed by atoms with Crippen LogP contribution in [-0.2, 0) is 47.9 Å². The Bertz CT molecular complexity index is 2260. The van der Waals surface area contributed by atoms with E-state index in [-0.39, 0.29) is 48.4 Å². The molecular formula is C61H107N11O10. The van der Waals surface area contributed by atoms with Crippen LogP contribution < -0.4 is 37.2 Å². The first-order valence-corrected chi connectivity index (χ1v) is 30.5. The topological polar surface area (TPSA) is 268 Å². The molecule has 0 spiro atoms. The summed E-state index contributed by atoms with van der Waals surface area (Å²) in [4.78, 5) is 145. The highest BCUT2D eigenvalue weighted by atomic mass is 16.2. The Balaban J connectivity index is 1.69. The Morgan fingerprint density at radius 3 is 1.99 bits per heavy atom. The number of hydrogen-bond acceptors (Lipinski definition) is 11. The predicted octanol–water partition coefficient (Wildman–Crippen LogP) is 4.61. The van der Waals surface area contributed by atoms with Gasteiger partial charge in [-0.3, -0.25) is 47.9 Å². The largest absolute Gasteiger partial charge is 0.355 e. The molecule has 0 radical (unpaired) electrons. The van der Waals surface area contributed by atoms with Gasteiger partial charge in [0.05, 0.1) is 13.1 Å². The van der Waals surface area contributed by atoms with Crippen LogP contribution in [0.25, 0.3) is 0 Å². The Hall–Kier alpha value is -5.60. The minimum absolute atomic E-state index is 0.0230. The first-order valence-electron chi connectivity index (χ1n) is 30.5. The normalized spacial score (nSPS) is 18.8. The van der Waals surface area contributed by atoms with Gasteiger partial charge in [0.1, 0.15) is 34.7 Å². The SMILES string of the molecule is CCCCCCCCC(NC(=O)[C@@H]1CCCN1C(=O)CC12CC=C(CC(C)C1)C2)C(=O)NCC(=O)N(C(C)C)C(C)(C)C(=O)NCC(=O)N(C(C)C)[C@@H](CC(C)C)C(=O)NC(C)(C)C(=O)NC(C)(C)C(=O)NCCC(=O)NCCN(C)C. The summed E-state index contributed by atoms with van der Waals surface area (Å²) in [7, 11) is 3.78. The Morgan fingerprint density at radius 2 is 1.37 bits per heavy atom. The van der Waals surface area contributed by atoms with E-state index in [1.807, 2.05) is 32.8 Å². The highest BCUT2D eigenvalue weighted by Gasteiger charge is 2.46. The van der Waals surface area contributed by atoms with Crippen LogP contribution in [0, 0.1) is 17.3 Å². The molecule has 3 unspecified atom stereocenters. The van der Waals surface area contributed by atoms with Crippen molar-refractivity contribution in [2.45, 2.75) is 246 Å². The lowest BCUT2D eigenvalue weighted by Crippen LogP contribution is -2.65. The number of likely N-dealkylation sites (tertiary alicyclic amines) is 1. The van der Waals surface area contributed by atoms with E-state index >= 15 is 0 Å². The number of rotatable bonds is 34. The van der Waals surface area contributed by atoms with Crippen molar-refractivity contribution in [3.8, 4) is 0 Å². The molecule has 1 heterocycles.